The summed E-state index contributed by atoms with van der Waals surface area (Å²) in [6.07, 6.45) is 2.42. The highest BCUT2D eigenvalue weighted by atomic mass is 19.1. The smallest absolute Gasteiger partial charge is 0.123 e. The first kappa shape index (κ1) is 11.6. The summed E-state index contributed by atoms with van der Waals surface area (Å²) in [5.74, 6) is -0.265. The zero-order chi connectivity index (χ0) is 12.0. The second-order valence-electron chi connectivity index (χ2n) is 5.83. The molecule has 0 aromatic heterocycles. The molecule has 0 aliphatic heterocycles. The molecule has 0 heterocycles. The van der Waals surface area contributed by atoms with E-state index in [0.29, 0.717) is 6.42 Å². The van der Waals surface area contributed by atoms with Crippen molar-refractivity contribution in [1.82, 2.24) is 0 Å². The molecule has 2 rings (SSSR count). The SMILES string of the molecule is Cc1ccc(F)cc1C1(O)CCC(C)(C)C1. The lowest BCUT2D eigenvalue weighted by Crippen LogP contribution is -2.24. The third kappa shape index (κ3) is 1.99. The number of halogens is 1. The van der Waals surface area contributed by atoms with Gasteiger partial charge in [-0.15, -0.1) is 0 Å². The molecule has 0 spiro atoms. The highest BCUT2D eigenvalue weighted by Crippen LogP contribution is 2.49. The van der Waals surface area contributed by atoms with Gasteiger partial charge in [0, 0.05) is 0 Å². The van der Waals surface area contributed by atoms with Gasteiger partial charge in [0.15, 0.2) is 0 Å². The van der Waals surface area contributed by atoms with Crippen LogP contribution in [0.3, 0.4) is 0 Å². The Morgan fingerprint density at radius 2 is 1.94 bits per heavy atom. The van der Waals surface area contributed by atoms with Crippen molar-refractivity contribution < 1.29 is 9.50 Å². The molecule has 1 aliphatic carbocycles. The first-order valence-electron chi connectivity index (χ1n) is 5.81. The van der Waals surface area contributed by atoms with Gasteiger partial charge in [0.25, 0.3) is 0 Å². The van der Waals surface area contributed by atoms with Crippen molar-refractivity contribution in [3.05, 3.63) is 35.1 Å². The maximum atomic E-state index is 13.3. The van der Waals surface area contributed by atoms with Crippen molar-refractivity contribution in [2.24, 2.45) is 5.41 Å². The van der Waals surface area contributed by atoms with Crippen LogP contribution in [0.2, 0.25) is 0 Å². The van der Waals surface area contributed by atoms with Gasteiger partial charge in [-0.05, 0) is 54.9 Å². The average Bonchev–Trinajstić information content (AvgIpc) is 2.46. The third-order valence-electron chi connectivity index (χ3n) is 3.69. The van der Waals surface area contributed by atoms with Gasteiger partial charge in [0.05, 0.1) is 5.60 Å². The van der Waals surface area contributed by atoms with Gasteiger partial charge in [0.2, 0.25) is 0 Å². The van der Waals surface area contributed by atoms with Crippen molar-refractivity contribution in [1.29, 1.82) is 0 Å². The van der Waals surface area contributed by atoms with Gasteiger partial charge in [-0.25, -0.2) is 4.39 Å². The van der Waals surface area contributed by atoms with E-state index in [9.17, 15) is 9.50 Å². The standard InChI is InChI=1S/C14H19FO/c1-10-4-5-11(15)8-12(10)14(16)7-6-13(2,3)9-14/h4-5,8,16H,6-7,9H2,1-3H3. The minimum Gasteiger partial charge on any atom is -0.385 e. The molecular weight excluding hydrogens is 203 g/mol. The van der Waals surface area contributed by atoms with Crippen LogP contribution in [0.1, 0.15) is 44.2 Å². The van der Waals surface area contributed by atoms with E-state index in [0.717, 1.165) is 24.0 Å². The van der Waals surface area contributed by atoms with Crippen molar-refractivity contribution >= 4 is 0 Å². The van der Waals surface area contributed by atoms with Gasteiger partial charge in [-0.3, -0.25) is 0 Å². The molecule has 1 fully saturated rings. The van der Waals surface area contributed by atoms with Crippen molar-refractivity contribution in [3.8, 4) is 0 Å². The molecule has 1 nitrogen and oxygen atoms in total. The summed E-state index contributed by atoms with van der Waals surface area (Å²) in [4.78, 5) is 0. The fraction of sp³-hybridized carbons (Fsp3) is 0.571. The molecule has 16 heavy (non-hydrogen) atoms. The number of hydrogen-bond donors (Lipinski definition) is 1. The van der Waals surface area contributed by atoms with Crippen LogP contribution in [0.15, 0.2) is 18.2 Å². The normalized spacial score (nSPS) is 28.3. The van der Waals surface area contributed by atoms with Crippen LogP contribution < -0.4 is 0 Å². The Hall–Kier alpha value is -0.890. The lowest BCUT2D eigenvalue weighted by molar-refractivity contribution is 0.0329. The number of aryl methyl sites for hydroxylation is 1. The predicted octanol–water partition coefficient (Wildman–Crippen LogP) is 3.53. The molecule has 88 valence electrons. The number of hydrogen-bond acceptors (Lipinski definition) is 1. The molecule has 0 bridgehead atoms. The molecule has 1 aromatic rings. The first-order valence-corrected chi connectivity index (χ1v) is 5.81. The Morgan fingerprint density at radius 3 is 2.50 bits per heavy atom. The van der Waals surface area contributed by atoms with Crippen molar-refractivity contribution in [2.75, 3.05) is 0 Å². The molecule has 0 saturated heterocycles. The second-order valence-corrected chi connectivity index (χ2v) is 5.83. The topological polar surface area (TPSA) is 20.2 Å². The summed E-state index contributed by atoms with van der Waals surface area (Å²) < 4.78 is 13.3. The van der Waals surface area contributed by atoms with E-state index in [1.807, 2.05) is 6.92 Å². The van der Waals surface area contributed by atoms with E-state index in [4.69, 9.17) is 0 Å². The summed E-state index contributed by atoms with van der Waals surface area (Å²) in [6.45, 7) is 6.23. The van der Waals surface area contributed by atoms with Gasteiger partial charge in [-0.2, -0.15) is 0 Å². The van der Waals surface area contributed by atoms with E-state index < -0.39 is 5.60 Å². The Kier molecular flexibility index (Phi) is 2.58. The molecule has 1 aliphatic rings. The van der Waals surface area contributed by atoms with Crippen LogP contribution in [0.4, 0.5) is 4.39 Å². The number of aliphatic hydroxyl groups is 1. The molecule has 1 saturated carbocycles. The van der Waals surface area contributed by atoms with Crippen LogP contribution in [-0.2, 0) is 5.60 Å². The number of rotatable bonds is 1. The number of benzene rings is 1. The van der Waals surface area contributed by atoms with Crippen LogP contribution in [0, 0.1) is 18.2 Å². The summed E-state index contributed by atoms with van der Waals surface area (Å²) in [5.41, 5.74) is 1.04. The van der Waals surface area contributed by atoms with Crippen LogP contribution in [0.25, 0.3) is 0 Å². The fourth-order valence-corrected chi connectivity index (χ4v) is 2.84. The second kappa shape index (κ2) is 3.56. The third-order valence-corrected chi connectivity index (χ3v) is 3.69. The Balaban J connectivity index is 2.41. The Bertz CT molecular complexity index is 411. The first-order chi connectivity index (χ1) is 7.32. The highest BCUT2D eigenvalue weighted by molar-refractivity contribution is 5.33. The lowest BCUT2D eigenvalue weighted by atomic mass is 9.84. The Morgan fingerprint density at radius 1 is 1.25 bits per heavy atom. The zero-order valence-corrected chi connectivity index (χ0v) is 10.2. The summed E-state index contributed by atoms with van der Waals surface area (Å²) in [7, 11) is 0. The summed E-state index contributed by atoms with van der Waals surface area (Å²) in [6, 6.07) is 4.67. The molecular formula is C14H19FO. The maximum Gasteiger partial charge on any atom is 0.123 e. The van der Waals surface area contributed by atoms with Gasteiger partial charge in [0.1, 0.15) is 5.82 Å². The van der Waals surface area contributed by atoms with Gasteiger partial charge < -0.3 is 5.11 Å². The largest absolute Gasteiger partial charge is 0.385 e. The minimum absolute atomic E-state index is 0.146. The van der Waals surface area contributed by atoms with Crippen molar-refractivity contribution in [2.45, 2.75) is 45.6 Å². The van der Waals surface area contributed by atoms with Gasteiger partial charge in [-0.1, -0.05) is 19.9 Å². The monoisotopic (exact) mass is 222 g/mol. The quantitative estimate of drug-likeness (QED) is 0.770. The van der Waals surface area contributed by atoms with Crippen molar-refractivity contribution in [3.63, 3.8) is 0 Å². The Labute approximate surface area is 96.3 Å². The minimum atomic E-state index is -0.838. The highest BCUT2D eigenvalue weighted by Gasteiger charge is 2.43. The van der Waals surface area contributed by atoms with Crippen LogP contribution in [-0.4, -0.2) is 5.11 Å². The van der Waals surface area contributed by atoms with E-state index in [-0.39, 0.29) is 11.2 Å². The van der Waals surface area contributed by atoms with Crippen LogP contribution in [0.5, 0.6) is 0 Å². The summed E-state index contributed by atoms with van der Waals surface area (Å²) >= 11 is 0. The zero-order valence-electron chi connectivity index (χ0n) is 10.2. The molecule has 2 heteroatoms. The molecule has 0 amide bonds. The molecule has 1 aromatic carbocycles. The molecule has 0 radical (unpaired) electrons. The molecule has 1 N–H and O–H groups in total. The average molecular weight is 222 g/mol. The van der Waals surface area contributed by atoms with Crippen LogP contribution >= 0.6 is 0 Å². The van der Waals surface area contributed by atoms with E-state index in [1.165, 1.54) is 12.1 Å². The van der Waals surface area contributed by atoms with Gasteiger partial charge >= 0.3 is 0 Å². The molecule has 1 atom stereocenters. The summed E-state index contributed by atoms with van der Waals surface area (Å²) in [5, 5.41) is 10.6. The fourth-order valence-electron chi connectivity index (χ4n) is 2.84. The maximum absolute atomic E-state index is 13.3. The predicted molar refractivity (Wildman–Crippen MR) is 62.7 cm³/mol. The molecule has 1 unspecified atom stereocenters. The lowest BCUT2D eigenvalue weighted by Gasteiger charge is -2.27. The van der Waals surface area contributed by atoms with E-state index in [1.54, 1.807) is 6.07 Å². The van der Waals surface area contributed by atoms with E-state index in [2.05, 4.69) is 13.8 Å². The van der Waals surface area contributed by atoms with E-state index >= 15 is 0 Å².